The van der Waals surface area contributed by atoms with Gasteiger partial charge in [-0.25, -0.2) is 0 Å². The highest BCUT2D eigenvalue weighted by Gasteiger charge is 2.41. The number of hydrogen-bond acceptors (Lipinski definition) is 6. The Kier molecular flexibility index (Phi) is 4.98. The van der Waals surface area contributed by atoms with Crippen molar-refractivity contribution in [2.75, 3.05) is 0 Å². The summed E-state index contributed by atoms with van der Waals surface area (Å²) in [5, 5.41) is 1.28. The summed E-state index contributed by atoms with van der Waals surface area (Å²) in [5.41, 5.74) is 1.83. The molecule has 1 aliphatic rings. The van der Waals surface area contributed by atoms with E-state index in [-0.39, 0.29) is 11.1 Å². The lowest BCUT2D eigenvalue weighted by molar-refractivity contribution is -0.141. The fourth-order valence-electron chi connectivity index (χ4n) is 4.19. The van der Waals surface area contributed by atoms with E-state index in [4.69, 9.17) is 9.47 Å². The summed E-state index contributed by atoms with van der Waals surface area (Å²) in [6, 6.07) is 14.3. The van der Waals surface area contributed by atoms with Crippen LogP contribution in [0.5, 0.6) is 0 Å². The predicted octanol–water partition coefficient (Wildman–Crippen LogP) is 4.05. The van der Waals surface area contributed by atoms with Crippen LogP contribution in [0.3, 0.4) is 0 Å². The quantitative estimate of drug-likeness (QED) is 0.355. The SMILES string of the molecule is CC(=O)OC1=C(c2c[nH]c3ccccc23)C(=O)C(OC(C)=O)=C(c2c[nH]c3ccccc23)C1=O. The van der Waals surface area contributed by atoms with E-state index in [2.05, 4.69) is 9.97 Å². The van der Waals surface area contributed by atoms with Crippen molar-refractivity contribution in [2.24, 2.45) is 0 Å². The van der Waals surface area contributed by atoms with Gasteiger partial charge < -0.3 is 19.4 Å². The zero-order valence-corrected chi connectivity index (χ0v) is 18.2. The van der Waals surface area contributed by atoms with Crippen molar-refractivity contribution in [1.82, 2.24) is 9.97 Å². The Morgan fingerprint density at radius 2 is 1.03 bits per heavy atom. The molecule has 2 heterocycles. The Morgan fingerprint density at radius 1 is 0.647 bits per heavy atom. The molecule has 0 aliphatic heterocycles. The monoisotopic (exact) mass is 454 g/mol. The van der Waals surface area contributed by atoms with Crippen molar-refractivity contribution < 1.29 is 28.7 Å². The average molecular weight is 454 g/mol. The third-order valence-corrected chi connectivity index (χ3v) is 5.53. The van der Waals surface area contributed by atoms with Gasteiger partial charge >= 0.3 is 11.9 Å². The van der Waals surface area contributed by atoms with Crippen LogP contribution in [0.1, 0.15) is 25.0 Å². The number of para-hydroxylation sites is 2. The van der Waals surface area contributed by atoms with Crippen molar-refractivity contribution in [1.29, 1.82) is 0 Å². The number of ketones is 2. The molecule has 168 valence electrons. The van der Waals surface area contributed by atoms with Crippen LogP contribution >= 0.6 is 0 Å². The maximum Gasteiger partial charge on any atom is 0.308 e. The van der Waals surface area contributed by atoms with E-state index in [1.54, 1.807) is 48.8 Å². The Labute approximate surface area is 192 Å². The Morgan fingerprint density at radius 3 is 1.41 bits per heavy atom. The molecule has 0 saturated heterocycles. The zero-order chi connectivity index (χ0) is 24.0. The molecule has 2 N–H and O–H groups in total. The minimum Gasteiger partial charge on any atom is -0.422 e. The Balaban J connectivity index is 1.81. The first-order valence-corrected chi connectivity index (χ1v) is 10.4. The lowest BCUT2D eigenvalue weighted by atomic mass is 9.85. The largest absolute Gasteiger partial charge is 0.422 e. The van der Waals surface area contributed by atoms with E-state index in [0.717, 1.165) is 13.8 Å². The number of carbonyl (C=O) groups excluding carboxylic acids is 4. The summed E-state index contributed by atoms with van der Waals surface area (Å²) in [7, 11) is 0. The number of H-pyrrole nitrogens is 2. The number of aromatic nitrogens is 2. The molecule has 8 nitrogen and oxygen atoms in total. The highest BCUT2D eigenvalue weighted by molar-refractivity contribution is 6.48. The Bertz CT molecular complexity index is 1480. The van der Waals surface area contributed by atoms with Crippen LogP contribution in [0.15, 0.2) is 72.4 Å². The summed E-state index contributed by atoms with van der Waals surface area (Å²) in [6.45, 7) is 2.29. The molecule has 2 aromatic carbocycles. The molecule has 8 heteroatoms. The minimum absolute atomic E-state index is 0.155. The lowest BCUT2D eigenvalue weighted by Crippen LogP contribution is -2.27. The minimum atomic E-state index is -0.761. The molecule has 0 radical (unpaired) electrons. The molecule has 0 spiro atoms. The summed E-state index contributed by atoms with van der Waals surface area (Å²) in [4.78, 5) is 57.7. The van der Waals surface area contributed by atoms with Crippen molar-refractivity contribution in [2.45, 2.75) is 13.8 Å². The van der Waals surface area contributed by atoms with Crippen molar-refractivity contribution in [3.63, 3.8) is 0 Å². The van der Waals surface area contributed by atoms with Gasteiger partial charge in [0.05, 0.1) is 11.1 Å². The van der Waals surface area contributed by atoms with Crippen LogP contribution in [0.4, 0.5) is 0 Å². The normalized spacial score (nSPS) is 14.3. The van der Waals surface area contributed by atoms with Gasteiger partial charge in [0, 0.05) is 59.2 Å². The van der Waals surface area contributed by atoms with Gasteiger partial charge in [-0.05, 0) is 12.1 Å². The second-order valence-corrected chi connectivity index (χ2v) is 7.75. The van der Waals surface area contributed by atoms with Crippen LogP contribution in [0, 0.1) is 0 Å². The van der Waals surface area contributed by atoms with Crippen LogP contribution in [-0.4, -0.2) is 33.5 Å². The van der Waals surface area contributed by atoms with Crippen LogP contribution in [0.2, 0.25) is 0 Å². The average Bonchev–Trinajstić information content (AvgIpc) is 3.42. The summed E-state index contributed by atoms with van der Waals surface area (Å²) in [6.07, 6.45) is 3.10. The molecule has 4 aromatic rings. The first kappa shape index (κ1) is 21.1. The molecule has 0 fully saturated rings. The first-order valence-electron chi connectivity index (χ1n) is 10.4. The maximum atomic E-state index is 13.8. The van der Waals surface area contributed by atoms with E-state index >= 15 is 0 Å². The third kappa shape index (κ3) is 3.32. The summed E-state index contributed by atoms with van der Waals surface area (Å²) < 4.78 is 10.6. The van der Waals surface area contributed by atoms with Crippen molar-refractivity contribution >= 4 is 56.5 Å². The number of fused-ring (bicyclic) bond motifs is 2. The van der Waals surface area contributed by atoms with E-state index in [0.29, 0.717) is 32.9 Å². The number of esters is 2. The number of benzene rings is 2. The van der Waals surface area contributed by atoms with Gasteiger partial charge in [-0.2, -0.15) is 0 Å². The number of hydrogen-bond donors (Lipinski definition) is 2. The Hall–Kier alpha value is -4.72. The number of carbonyl (C=O) groups is 4. The smallest absolute Gasteiger partial charge is 0.308 e. The summed E-state index contributed by atoms with van der Waals surface area (Å²) >= 11 is 0. The van der Waals surface area contributed by atoms with Gasteiger partial charge in [-0.1, -0.05) is 36.4 Å². The molecule has 0 bridgehead atoms. The molecule has 0 atom stereocenters. The molecule has 0 amide bonds. The van der Waals surface area contributed by atoms with Crippen molar-refractivity contribution in [3.05, 3.63) is 83.6 Å². The molecule has 1 aliphatic carbocycles. The van der Waals surface area contributed by atoms with E-state index in [1.165, 1.54) is 0 Å². The molecular weight excluding hydrogens is 436 g/mol. The van der Waals surface area contributed by atoms with Crippen molar-refractivity contribution in [3.8, 4) is 0 Å². The number of allylic oxidation sites excluding steroid dienone is 2. The van der Waals surface area contributed by atoms with Crippen LogP contribution < -0.4 is 0 Å². The third-order valence-electron chi connectivity index (χ3n) is 5.53. The highest BCUT2D eigenvalue weighted by atomic mass is 16.5. The van der Waals surface area contributed by atoms with Gasteiger partial charge in [0.15, 0.2) is 11.5 Å². The van der Waals surface area contributed by atoms with E-state index < -0.39 is 35.0 Å². The first-order chi connectivity index (χ1) is 16.4. The fourth-order valence-corrected chi connectivity index (χ4v) is 4.19. The van der Waals surface area contributed by atoms with E-state index in [9.17, 15) is 19.2 Å². The fraction of sp³-hybridized carbons (Fsp3) is 0.0769. The number of ether oxygens (including phenoxy) is 2. The van der Waals surface area contributed by atoms with Gasteiger partial charge in [-0.15, -0.1) is 0 Å². The molecule has 2 aromatic heterocycles. The number of Topliss-reactive ketones (excluding diaryl/α,β-unsaturated/α-hetero) is 2. The lowest BCUT2D eigenvalue weighted by Gasteiger charge is -2.22. The van der Waals surface area contributed by atoms with Crippen LogP contribution in [0.25, 0.3) is 33.0 Å². The second kappa shape index (κ2) is 8.00. The maximum absolute atomic E-state index is 13.8. The highest BCUT2D eigenvalue weighted by Crippen LogP contribution is 2.40. The molecule has 0 unspecified atom stereocenters. The number of nitrogens with one attached hydrogen (secondary N) is 2. The van der Waals surface area contributed by atoms with Gasteiger partial charge in [0.25, 0.3) is 0 Å². The standard InChI is InChI=1S/C26H18N2O6/c1-13(29)33-25-21(17-11-27-19-9-5-3-7-15(17)19)24(32)26(34-14(2)30)22(23(25)31)18-12-28-20-10-6-4-8-16(18)20/h3-12,27-28H,1-2H3. The second-order valence-electron chi connectivity index (χ2n) is 7.75. The molecule has 5 rings (SSSR count). The number of aromatic amines is 2. The predicted molar refractivity (Wildman–Crippen MR) is 124 cm³/mol. The van der Waals surface area contributed by atoms with Gasteiger partial charge in [0.1, 0.15) is 0 Å². The van der Waals surface area contributed by atoms with Gasteiger partial charge in [-0.3, -0.25) is 19.2 Å². The number of rotatable bonds is 4. The summed E-state index contributed by atoms with van der Waals surface area (Å²) in [5.74, 6) is -3.84. The molecular formula is C26H18N2O6. The van der Waals surface area contributed by atoms with Crippen LogP contribution in [-0.2, 0) is 28.7 Å². The molecule has 0 saturated carbocycles. The topological polar surface area (TPSA) is 118 Å². The molecule has 34 heavy (non-hydrogen) atoms. The zero-order valence-electron chi connectivity index (χ0n) is 18.2. The van der Waals surface area contributed by atoms with Gasteiger partial charge in [0.2, 0.25) is 11.6 Å². The van der Waals surface area contributed by atoms with E-state index in [1.807, 2.05) is 12.1 Å².